The Morgan fingerprint density at radius 3 is 2.32 bits per heavy atom. The molecule has 0 saturated heterocycles. The first kappa shape index (κ1) is 13.1. The molecule has 0 amide bonds. The van der Waals surface area contributed by atoms with Gasteiger partial charge in [-0.05, 0) is 40.8 Å². The fraction of sp³-hybridized carbons (Fsp3) is 0.100. The van der Waals surface area contributed by atoms with E-state index in [1.807, 2.05) is 24.3 Å². The number of benzene rings is 3. The van der Waals surface area contributed by atoms with Gasteiger partial charge in [-0.15, -0.1) is 0 Å². The molecule has 22 heavy (non-hydrogen) atoms. The Labute approximate surface area is 129 Å². The van der Waals surface area contributed by atoms with Gasteiger partial charge in [-0.2, -0.15) is 0 Å². The molecule has 0 bridgehead atoms. The Morgan fingerprint density at radius 1 is 0.818 bits per heavy atom. The van der Waals surface area contributed by atoms with Crippen molar-refractivity contribution in [3.63, 3.8) is 0 Å². The quantitative estimate of drug-likeness (QED) is 0.683. The summed E-state index contributed by atoms with van der Waals surface area (Å²) in [4.78, 5) is 0. The fourth-order valence-corrected chi connectivity index (χ4v) is 3.06. The standard InChI is InChI=1S/C20H16FN/c21-18-11-10-17-12-19(22-20(17)13-18)16-8-6-15(7-9-16)14-4-2-1-3-5-14/h1-11,13,19,22H,12H2. The summed E-state index contributed by atoms with van der Waals surface area (Å²) in [6, 6.07) is 24.2. The maximum absolute atomic E-state index is 13.3. The molecule has 0 aliphatic carbocycles. The highest BCUT2D eigenvalue weighted by atomic mass is 19.1. The van der Waals surface area contributed by atoms with E-state index in [4.69, 9.17) is 0 Å². The number of rotatable bonds is 2. The van der Waals surface area contributed by atoms with Crippen LogP contribution in [0, 0.1) is 5.82 Å². The van der Waals surface area contributed by atoms with Gasteiger partial charge in [0.1, 0.15) is 5.82 Å². The molecule has 0 fully saturated rings. The first-order valence-electron chi connectivity index (χ1n) is 7.50. The van der Waals surface area contributed by atoms with Gasteiger partial charge in [-0.25, -0.2) is 4.39 Å². The minimum Gasteiger partial charge on any atom is -0.378 e. The average Bonchev–Trinajstić information content (AvgIpc) is 2.99. The minimum absolute atomic E-state index is 0.189. The van der Waals surface area contributed by atoms with E-state index in [-0.39, 0.29) is 11.9 Å². The molecule has 1 unspecified atom stereocenters. The van der Waals surface area contributed by atoms with E-state index in [1.54, 1.807) is 6.07 Å². The number of nitrogens with one attached hydrogen (secondary N) is 1. The lowest BCUT2D eigenvalue weighted by molar-refractivity contribution is 0.628. The maximum atomic E-state index is 13.3. The molecular weight excluding hydrogens is 273 g/mol. The SMILES string of the molecule is Fc1ccc2c(c1)NC(c1ccc(-c3ccccc3)cc1)C2. The summed E-state index contributed by atoms with van der Waals surface area (Å²) in [5, 5.41) is 3.41. The van der Waals surface area contributed by atoms with Crippen molar-refractivity contribution in [1.82, 2.24) is 0 Å². The van der Waals surface area contributed by atoms with Crippen molar-refractivity contribution in [3.05, 3.63) is 89.7 Å². The summed E-state index contributed by atoms with van der Waals surface area (Å²) in [5.41, 5.74) is 5.76. The normalized spacial score (nSPS) is 16.1. The van der Waals surface area contributed by atoms with E-state index >= 15 is 0 Å². The van der Waals surface area contributed by atoms with E-state index in [0.29, 0.717) is 0 Å². The molecule has 1 aliphatic heterocycles. The van der Waals surface area contributed by atoms with Crippen LogP contribution in [0.3, 0.4) is 0 Å². The molecule has 1 heterocycles. The Balaban J connectivity index is 1.58. The van der Waals surface area contributed by atoms with Crippen LogP contribution >= 0.6 is 0 Å². The molecule has 0 spiro atoms. The average molecular weight is 289 g/mol. The first-order chi connectivity index (χ1) is 10.8. The Bertz CT molecular complexity index is 794. The van der Waals surface area contributed by atoms with Crippen molar-refractivity contribution in [2.75, 3.05) is 5.32 Å². The van der Waals surface area contributed by atoms with E-state index in [2.05, 4.69) is 41.7 Å². The van der Waals surface area contributed by atoms with E-state index < -0.39 is 0 Å². The van der Waals surface area contributed by atoms with Crippen LogP contribution in [-0.2, 0) is 6.42 Å². The third kappa shape index (κ3) is 2.37. The molecule has 3 aromatic carbocycles. The molecule has 0 aromatic heterocycles. The lowest BCUT2D eigenvalue weighted by Crippen LogP contribution is -2.05. The monoisotopic (exact) mass is 289 g/mol. The molecule has 2 heteroatoms. The van der Waals surface area contributed by atoms with Gasteiger partial charge in [0.15, 0.2) is 0 Å². The highest BCUT2D eigenvalue weighted by Gasteiger charge is 2.22. The third-order valence-electron chi connectivity index (χ3n) is 4.25. The molecule has 3 aromatic rings. The Kier molecular flexibility index (Phi) is 3.15. The maximum Gasteiger partial charge on any atom is 0.125 e. The van der Waals surface area contributed by atoms with E-state index in [0.717, 1.165) is 12.1 Å². The van der Waals surface area contributed by atoms with Gasteiger partial charge < -0.3 is 5.32 Å². The van der Waals surface area contributed by atoms with Crippen LogP contribution in [0.5, 0.6) is 0 Å². The summed E-state index contributed by atoms with van der Waals surface area (Å²) in [7, 11) is 0. The molecule has 1 aliphatic rings. The predicted molar refractivity (Wildman–Crippen MR) is 88.3 cm³/mol. The predicted octanol–water partition coefficient (Wildman–Crippen LogP) is 5.20. The molecular formula is C20H16FN. The summed E-state index contributed by atoms with van der Waals surface area (Å²) in [6.45, 7) is 0. The summed E-state index contributed by atoms with van der Waals surface area (Å²) in [6.07, 6.45) is 0.903. The van der Waals surface area contributed by atoms with Gasteiger partial charge in [-0.3, -0.25) is 0 Å². The summed E-state index contributed by atoms with van der Waals surface area (Å²) in [5.74, 6) is -0.189. The molecule has 0 radical (unpaired) electrons. The first-order valence-corrected chi connectivity index (χ1v) is 7.50. The third-order valence-corrected chi connectivity index (χ3v) is 4.25. The van der Waals surface area contributed by atoms with Crippen molar-refractivity contribution in [1.29, 1.82) is 0 Å². The Morgan fingerprint density at radius 2 is 1.55 bits per heavy atom. The smallest absolute Gasteiger partial charge is 0.125 e. The van der Waals surface area contributed by atoms with Crippen LogP contribution < -0.4 is 5.32 Å². The van der Waals surface area contributed by atoms with Crippen LogP contribution in [0.15, 0.2) is 72.8 Å². The lowest BCUT2D eigenvalue weighted by atomic mass is 9.99. The second kappa shape index (κ2) is 5.30. The minimum atomic E-state index is -0.189. The zero-order chi connectivity index (χ0) is 14.9. The molecule has 1 nitrogen and oxygen atoms in total. The number of hydrogen-bond acceptors (Lipinski definition) is 1. The van der Waals surface area contributed by atoms with Crippen molar-refractivity contribution in [2.24, 2.45) is 0 Å². The van der Waals surface area contributed by atoms with Crippen LogP contribution in [-0.4, -0.2) is 0 Å². The molecule has 108 valence electrons. The van der Waals surface area contributed by atoms with Gasteiger partial charge in [0.05, 0.1) is 6.04 Å². The number of fused-ring (bicyclic) bond motifs is 1. The molecule has 4 rings (SSSR count). The molecule has 1 N–H and O–H groups in total. The largest absolute Gasteiger partial charge is 0.378 e. The number of anilines is 1. The molecule has 1 atom stereocenters. The number of halogens is 1. The Hall–Kier alpha value is -2.61. The summed E-state index contributed by atoms with van der Waals surface area (Å²) < 4.78 is 13.3. The van der Waals surface area contributed by atoms with Crippen LogP contribution in [0.4, 0.5) is 10.1 Å². The highest BCUT2D eigenvalue weighted by Crippen LogP contribution is 2.35. The van der Waals surface area contributed by atoms with Gasteiger partial charge in [0.25, 0.3) is 0 Å². The van der Waals surface area contributed by atoms with Crippen LogP contribution in [0.2, 0.25) is 0 Å². The zero-order valence-corrected chi connectivity index (χ0v) is 12.1. The van der Waals surface area contributed by atoms with Crippen molar-refractivity contribution >= 4 is 5.69 Å². The highest BCUT2D eigenvalue weighted by molar-refractivity contribution is 5.64. The fourth-order valence-electron chi connectivity index (χ4n) is 3.06. The van der Waals surface area contributed by atoms with Crippen molar-refractivity contribution in [3.8, 4) is 11.1 Å². The lowest BCUT2D eigenvalue weighted by Gasteiger charge is -2.12. The summed E-state index contributed by atoms with van der Waals surface area (Å²) >= 11 is 0. The van der Waals surface area contributed by atoms with Gasteiger partial charge >= 0.3 is 0 Å². The van der Waals surface area contributed by atoms with Crippen molar-refractivity contribution < 1.29 is 4.39 Å². The van der Waals surface area contributed by atoms with Gasteiger partial charge in [-0.1, -0.05) is 60.7 Å². The number of hydrogen-bond donors (Lipinski definition) is 1. The topological polar surface area (TPSA) is 12.0 Å². The second-order valence-electron chi connectivity index (χ2n) is 5.69. The van der Waals surface area contributed by atoms with Gasteiger partial charge in [0.2, 0.25) is 0 Å². The van der Waals surface area contributed by atoms with Crippen LogP contribution in [0.1, 0.15) is 17.2 Å². The van der Waals surface area contributed by atoms with E-state index in [1.165, 1.54) is 28.3 Å². The second-order valence-corrected chi connectivity index (χ2v) is 5.69. The molecule has 0 saturated carbocycles. The van der Waals surface area contributed by atoms with E-state index in [9.17, 15) is 4.39 Å². The van der Waals surface area contributed by atoms with Crippen molar-refractivity contribution in [2.45, 2.75) is 12.5 Å². The van der Waals surface area contributed by atoms with Crippen LogP contribution in [0.25, 0.3) is 11.1 Å². The zero-order valence-electron chi connectivity index (χ0n) is 12.1. The van der Waals surface area contributed by atoms with Gasteiger partial charge in [0, 0.05) is 5.69 Å².